The Balaban J connectivity index is 1.61. The number of likely N-dealkylation sites (tertiary alicyclic amines) is 1. The molecular formula is C28H37N7O6. The second kappa shape index (κ2) is 13.7. The number of fused-ring (bicyclic) bond motifs is 1. The number of hydrogen-bond acceptors (Lipinski definition) is 10. The van der Waals surface area contributed by atoms with E-state index in [4.69, 9.17) is 23.9 Å². The standard InChI is InChI=1S/C28H37N7O6/c1-17(16-38-2)31-21-12-23(30-14-20(21)13-29)32-28(37)35-9-6-7-18-11-19(15-34-10-8-22(39-3)26(34)36)24(33-25(18)35)27(40-4)41-5/h11-12,14,17,22,27H,6-10,15-16H2,1-5H3,(H2,30,31,32,37). The number of hydrogen-bond donors (Lipinski definition) is 2. The third-order valence-corrected chi connectivity index (χ3v) is 7.14. The van der Waals surface area contributed by atoms with Crippen molar-refractivity contribution in [1.29, 1.82) is 5.26 Å². The van der Waals surface area contributed by atoms with Gasteiger partial charge >= 0.3 is 6.03 Å². The van der Waals surface area contributed by atoms with Gasteiger partial charge in [-0.05, 0) is 37.0 Å². The summed E-state index contributed by atoms with van der Waals surface area (Å²) in [6, 6.07) is 5.25. The lowest BCUT2D eigenvalue weighted by Gasteiger charge is -2.31. The molecule has 0 radical (unpaired) electrons. The van der Waals surface area contributed by atoms with E-state index < -0.39 is 18.4 Å². The average molecular weight is 568 g/mol. The molecule has 13 nitrogen and oxygen atoms in total. The van der Waals surface area contributed by atoms with Crippen LogP contribution in [0.2, 0.25) is 0 Å². The number of aryl methyl sites for hydroxylation is 1. The molecule has 0 bridgehead atoms. The van der Waals surface area contributed by atoms with Gasteiger partial charge in [0.25, 0.3) is 5.91 Å². The van der Waals surface area contributed by atoms with Gasteiger partial charge < -0.3 is 29.2 Å². The smallest absolute Gasteiger partial charge is 0.328 e. The molecule has 0 aliphatic carbocycles. The molecule has 13 heteroatoms. The van der Waals surface area contributed by atoms with E-state index in [0.29, 0.717) is 55.4 Å². The van der Waals surface area contributed by atoms with Crippen LogP contribution in [-0.4, -0.2) is 87.1 Å². The Hall–Kier alpha value is -3.83. The number of methoxy groups -OCH3 is 4. The van der Waals surface area contributed by atoms with Crippen molar-refractivity contribution in [2.75, 3.05) is 63.7 Å². The Morgan fingerprint density at radius 2 is 2.00 bits per heavy atom. The highest BCUT2D eigenvalue weighted by molar-refractivity contribution is 6.01. The number of carbonyl (C=O) groups excluding carboxylic acids is 2. The van der Waals surface area contributed by atoms with Crippen LogP contribution in [0.4, 0.5) is 22.1 Å². The molecule has 2 aromatic rings. The fraction of sp³-hybridized carbons (Fsp3) is 0.536. The zero-order valence-electron chi connectivity index (χ0n) is 24.1. The molecule has 2 atom stereocenters. The van der Waals surface area contributed by atoms with Crippen molar-refractivity contribution in [1.82, 2.24) is 14.9 Å². The molecule has 220 valence electrons. The van der Waals surface area contributed by atoms with Crippen LogP contribution < -0.4 is 15.5 Å². The fourth-order valence-electron chi connectivity index (χ4n) is 5.16. The van der Waals surface area contributed by atoms with Gasteiger partial charge in [-0.3, -0.25) is 15.0 Å². The molecule has 4 rings (SSSR count). The number of rotatable bonds is 11. The highest BCUT2D eigenvalue weighted by Crippen LogP contribution is 2.33. The summed E-state index contributed by atoms with van der Waals surface area (Å²) in [4.78, 5) is 38.7. The van der Waals surface area contributed by atoms with E-state index in [9.17, 15) is 14.9 Å². The molecule has 4 heterocycles. The molecule has 2 unspecified atom stereocenters. The van der Waals surface area contributed by atoms with Gasteiger partial charge in [0.15, 0.2) is 0 Å². The number of ether oxygens (including phenoxy) is 4. The van der Waals surface area contributed by atoms with Gasteiger partial charge in [-0.2, -0.15) is 5.26 Å². The monoisotopic (exact) mass is 567 g/mol. The minimum Gasteiger partial charge on any atom is -0.383 e. The van der Waals surface area contributed by atoms with Crippen molar-refractivity contribution in [3.8, 4) is 6.07 Å². The number of nitriles is 1. The Morgan fingerprint density at radius 3 is 2.66 bits per heavy atom. The van der Waals surface area contributed by atoms with E-state index >= 15 is 0 Å². The number of nitrogens with one attached hydrogen (secondary N) is 2. The zero-order valence-corrected chi connectivity index (χ0v) is 24.1. The van der Waals surface area contributed by atoms with E-state index in [1.807, 2.05) is 13.0 Å². The first kappa shape index (κ1) is 30.1. The molecule has 2 aromatic heterocycles. The number of carbonyl (C=O) groups is 2. The summed E-state index contributed by atoms with van der Waals surface area (Å²) in [5.74, 6) is 0.718. The van der Waals surface area contributed by atoms with Gasteiger partial charge in [-0.25, -0.2) is 14.8 Å². The lowest BCUT2D eigenvalue weighted by molar-refractivity contribution is -0.136. The van der Waals surface area contributed by atoms with Crippen molar-refractivity contribution in [2.24, 2.45) is 0 Å². The Morgan fingerprint density at radius 1 is 1.22 bits per heavy atom. The molecule has 0 spiro atoms. The summed E-state index contributed by atoms with van der Waals surface area (Å²) in [6.45, 7) is 3.72. The summed E-state index contributed by atoms with van der Waals surface area (Å²) in [5.41, 5.74) is 3.07. The maximum absolute atomic E-state index is 13.5. The highest BCUT2D eigenvalue weighted by Gasteiger charge is 2.34. The van der Waals surface area contributed by atoms with Crippen molar-refractivity contribution >= 4 is 29.3 Å². The molecule has 3 amide bonds. The number of nitrogens with zero attached hydrogens (tertiary/aromatic N) is 5. The van der Waals surface area contributed by atoms with Crippen molar-refractivity contribution in [3.63, 3.8) is 0 Å². The Labute approximate surface area is 239 Å². The van der Waals surface area contributed by atoms with Crippen molar-refractivity contribution in [2.45, 2.75) is 51.2 Å². The fourth-order valence-corrected chi connectivity index (χ4v) is 5.16. The van der Waals surface area contributed by atoms with E-state index in [2.05, 4.69) is 21.7 Å². The number of aromatic nitrogens is 2. The van der Waals surface area contributed by atoms with Crippen LogP contribution in [0.15, 0.2) is 18.3 Å². The number of pyridine rings is 2. The van der Waals surface area contributed by atoms with E-state index in [1.165, 1.54) is 27.5 Å². The van der Waals surface area contributed by atoms with Gasteiger partial charge in [0, 0.05) is 72.8 Å². The lowest BCUT2D eigenvalue weighted by Crippen LogP contribution is -2.40. The molecule has 41 heavy (non-hydrogen) atoms. The highest BCUT2D eigenvalue weighted by atomic mass is 16.7. The first-order valence-corrected chi connectivity index (χ1v) is 13.5. The van der Waals surface area contributed by atoms with Gasteiger partial charge in [0.1, 0.15) is 29.5 Å². The molecule has 1 fully saturated rings. The third kappa shape index (κ3) is 6.74. The number of amides is 3. The molecular weight excluding hydrogens is 530 g/mol. The molecule has 1 saturated heterocycles. The van der Waals surface area contributed by atoms with Crippen LogP contribution in [0, 0.1) is 11.3 Å². The van der Waals surface area contributed by atoms with Crippen molar-refractivity contribution < 1.29 is 28.5 Å². The second-order valence-electron chi connectivity index (χ2n) is 10.0. The van der Waals surface area contributed by atoms with Gasteiger partial charge in [-0.15, -0.1) is 0 Å². The first-order chi connectivity index (χ1) is 19.8. The second-order valence-corrected chi connectivity index (χ2v) is 10.0. The third-order valence-electron chi connectivity index (χ3n) is 7.14. The van der Waals surface area contributed by atoms with Crippen LogP contribution in [0.25, 0.3) is 0 Å². The summed E-state index contributed by atoms with van der Waals surface area (Å²) in [5, 5.41) is 15.6. The SMILES string of the molecule is COCC(C)Nc1cc(NC(=O)N2CCCc3cc(CN4CCC(OC)C4=O)c(C(OC)OC)nc32)ncc1C#N. The molecule has 2 aliphatic heterocycles. The van der Waals surface area contributed by atoms with Crippen LogP contribution in [0.5, 0.6) is 0 Å². The van der Waals surface area contributed by atoms with Gasteiger partial charge in [0.05, 0.1) is 17.9 Å². The van der Waals surface area contributed by atoms with E-state index in [-0.39, 0.29) is 17.8 Å². The van der Waals surface area contributed by atoms with Crippen LogP contribution in [0.3, 0.4) is 0 Å². The largest absolute Gasteiger partial charge is 0.383 e. The Bertz CT molecular complexity index is 1300. The normalized spacial score (nSPS) is 17.4. The zero-order chi connectivity index (χ0) is 29.5. The number of urea groups is 1. The lowest BCUT2D eigenvalue weighted by atomic mass is 10.0. The van der Waals surface area contributed by atoms with E-state index in [0.717, 1.165) is 24.0 Å². The summed E-state index contributed by atoms with van der Waals surface area (Å²) >= 11 is 0. The summed E-state index contributed by atoms with van der Waals surface area (Å²) in [6.07, 6.45) is 2.26. The van der Waals surface area contributed by atoms with Crippen LogP contribution >= 0.6 is 0 Å². The molecule has 2 aliphatic rings. The molecule has 0 aromatic carbocycles. The van der Waals surface area contributed by atoms with Gasteiger partial charge in [-0.1, -0.05) is 0 Å². The minimum absolute atomic E-state index is 0.0606. The van der Waals surface area contributed by atoms with Crippen LogP contribution in [0.1, 0.15) is 48.4 Å². The predicted molar refractivity (Wildman–Crippen MR) is 150 cm³/mol. The van der Waals surface area contributed by atoms with E-state index in [1.54, 1.807) is 23.0 Å². The topological polar surface area (TPSA) is 151 Å². The molecule has 2 N–H and O–H groups in total. The minimum atomic E-state index is -0.791. The van der Waals surface area contributed by atoms with Gasteiger partial charge in [0.2, 0.25) is 6.29 Å². The summed E-state index contributed by atoms with van der Waals surface area (Å²) < 4.78 is 21.6. The number of anilines is 3. The quantitative estimate of drug-likeness (QED) is 0.388. The maximum atomic E-state index is 13.5. The van der Waals surface area contributed by atoms with Crippen molar-refractivity contribution in [3.05, 3.63) is 40.7 Å². The maximum Gasteiger partial charge on any atom is 0.328 e. The van der Waals surface area contributed by atoms with Crippen LogP contribution in [-0.2, 0) is 36.7 Å². The first-order valence-electron chi connectivity index (χ1n) is 13.5. The average Bonchev–Trinajstić information content (AvgIpc) is 3.32. The molecule has 0 saturated carbocycles. The predicted octanol–water partition coefficient (Wildman–Crippen LogP) is 2.82. The Kier molecular flexibility index (Phi) is 10.1. The summed E-state index contributed by atoms with van der Waals surface area (Å²) in [7, 11) is 6.17.